The van der Waals surface area contributed by atoms with Crippen LogP contribution in [0.15, 0.2) is 22.7 Å². The van der Waals surface area contributed by atoms with E-state index in [4.69, 9.17) is 0 Å². The summed E-state index contributed by atoms with van der Waals surface area (Å²) in [7, 11) is 1.38. The predicted molar refractivity (Wildman–Crippen MR) is 63.0 cm³/mol. The largest absolute Gasteiger partial charge is 0.469 e. The molecule has 0 unspecified atom stereocenters. The molecular weight excluding hydrogens is 278 g/mol. The van der Waals surface area contributed by atoms with Crippen LogP contribution in [0.2, 0.25) is 0 Å². The van der Waals surface area contributed by atoms with Crippen LogP contribution in [0, 0.1) is 0 Å². The molecule has 2 rings (SSSR count). The molecule has 0 spiro atoms. The van der Waals surface area contributed by atoms with Crippen molar-refractivity contribution in [2.45, 2.75) is 6.42 Å². The van der Waals surface area contributed by atoms with Crippen LogP contribution in [-0.4, -0.2) is 18.1 Å². The van der Waals surface area contributed by atoms with E-state index in [9.17, 15) is 4.79 Å². The summed E-state index contributed by atoms with van der Waals surface area (Å²) in [4.78, 5) is 15.4. The maximum Gasteiger partial charge on any atom is 0.312 e. The molecule has 0 radical (unpaired) electrons. The third-order valence-corrected chi connectivity index (χ3v) is 3.43. The molecule has 0 bridgehead atoms. The van der Waals surface area contributed by atoms with Gasteiger partial charge in [-0.15, -0.1) is 11.3 Å². The fourth-order valence-corrected chi connectivity index (χ4v) is 2.72. The van der Waals surface area contributed by atoms with Gasteiger partial charge in [-0.3, -0.25) is 4.79 Å². The quantitative estimate of drug-likeness (QED) is 0.797. The van der Waals surface area contributed by atoms with Crippen LogP contribution in [0.3, 0.4) is 0 Å². The summed E-state index contributed by atoms with van der Waals surface area (Å²) in [5, 5.41) is 0.787. The van der Waals surface area contributed by atoms with Crippen molar-refractivity contribution in [3.05, 3.63) is 27.7 Å². The number of hydrogen-bond donors (Lipinski definition) is 0. The fourth-order valence-electron chi connectivity index (χ4n) is 1.22. The Labute approximate surface area is 99.2 Å². The molecule has 0 saturated carbocycles. The number of hydrogen-bond acceptors (Lipinski definition) is 4. The molecule has 0 saturated heterocycles. The van der Waals surface area contributed by atoms with Crippen LogP contribution < -0.4 is 0 Å². The Morgan fingerprint density at radius 3 is 3.13 bits per heavy atom. The summed E-state index contributed by atoms with van der Waals surface area (Å²) in [6.45, 7) is 0. The normalized spacial score (nSPS) is 10.5. The van der Waals surface area contributed by atoms with Crippen LogP contribution in [0.5, 0.6) is 0 Å². The van der Waals surface area contributed by atoms with Crippen molar-refractivity contribution < 1.29 is 9.53 Å². The number of fused-ring (bicyclic) bond motifs is 1. The van der Waals surface area contributed by atoms with Crippen molar-refractivity contribution in [2.24, 2.45) is 0 Å². The second kappa shape index (κ2) is 4.28. The van der Waals surface area contributed by atoms with E-state index in [1.807, 2.05) is 18.2 Å². The molecular formula is C10H8BrNO2S. The molecule has 0 atom stereocenters. The van der Waals surface area contributed by atoms with E-state index in [0.717, 1.165) is 19.7 Å². The first-order valence-corrected chi connectivity index (χ1v) is 5.92. The Morgan fingerprint density at radius 2 is 2.40 bits per heavy atom. The fraction of sp³-hybridized carbons (Fsp3) is 0.200. The third-order valence-electron chi connectivity index (χ3n) is 1.92. The van der Waals surface area contributed by atoms with Crippen LogP contribution in [0.25, 0.3) is 10.2 Å². The molecule has 0 aliphatic heterocycles. The lowest BCUT2D eigenvalue weighted by atomic mass is 10.3. The molecule has 0 fully saturated rings. The van der Waals surface area contributed by atoms with E-state index < -0.39 is 0 Å². The van der Waals surface area contributed by atoms with Crippen molar-refractivity contribution in [3.63, 3.8) is 0 Å². The van der Waals surface area contributed by atoms with Crippen molar-refractivity contribution in [3.8, 4) is 0 Å². The number of esters is 1. The summed E-state index contributed by atoms with van der Waals surface area (Å²) in [5.41, 5.74) is 0.919. The number of ether oxygens (including phenoxy) is 1. The van der Waals surface area contributed by atoms with Gasteiger partial charge in [0.25, 0.3) is 0 Å². The molecule has 0 amide bonds. The summed E-state index contributed by atoms with van der Waals surface area (Å²) >= 11 is 4.91. The van der Waals surface area contributed by atoms with Crippen LogP contribution in [-0.2, 0) is 16.0 Å². The van der Waals surface area contributed by atoms with Gasteiger partial charge in [-0.2, -0.15) is 0 Å². The number of benzene rings is 1. The predicted octanol–water partition coefficient (Wildman–Crippen LogP) is 2.77. The van der Waals surface area contributed by atoms with Crippen molar-refractivity contribution in [2.75, 3.05) is 7.11 Å². The van der Waals surface area contributed by atoms with Gasteiger partial charge in [0.1, 0.15) is 5.01 Å². The van der Waals surface area contributed by atoms with Gasteiger partial charge in [0.15, 0.2) is 0 Å². The van der Waals surface area contributed by atoms with Crippen molar-refractivity contribution in [1.29, 1.82) is 0 Å². The lowest BCUT2D eigenvalue weighted by Crippen LogP contribution is -2.03. The van der Waals surface area contributed by atoms with Crippen LogP contribution in [0.4, 0.5) is 0 Å². The van der Waals surface area contributed by atoms with Gasteiger partial charge in [-0.05, 0) is 18.2 Å². The number of carbonyl (C=O) groups is 1. The van der Waals surface area contributed by atoms with E-state index in [1.54, 1.807) is 0 Å². The van der Waals surface area contributed by atoms with E-state index in [1.165, 1.54) is 18.4 Å². The first kappa shape index (κ1) is 10.6. The molecule has 15 heavy (non-hydrogen) atoms. The van der Waals surface area contributed by atoms with Gasteiger partial charge in [-0.1, -0.05) is 15.9 Å². The highest BCUT2D eigenvalue weighted by atomic mass is 79.9. The van der Waals surface area contributed by atoms with Crippen LogP contribution in [0.1, 0.15) is 5.01 Å². The van der Waals surface area contributed by atoms with Gasteiger partial charge in [-0.25, -0.2) is 4.98 Å². The average molecular weight is 286 g/mol. The average Bonchev–Trinajstić information content (AvgIpc) is 2.59. The second-order valence-electron chi connectivity index (χ2n) is 2.97. The summed E-state index contributed by atoms with van der Waals surface area (Å²) in [5.74, 6) is -0.256. The van der Waals surface area contributed by atoms with Gasteiger partial charge in [0.2, 0.25) is 0 Å². The Balaban J connectivity index is 2.34. The van der Waals surface area contributed by atoms with E-state index in [0.29, 0.717) is 0 Å². The molecule has 1 aromatic carbocycles. The Kier molecular flexibility index (Phi) is 3.02. The monoisotopic (exact) mass is 285 g/mol. The highest BCUT2D eigenvalue weighted by Crippen LogP contribution is 2.25. The van der Waals surface area contributed by atoms with E-state index in [2.05, 4.69) is 25.7 Å². The standard InChI is InChI=1S/C10H8BrNO2S/c1-14-10(13)5-9-12-7-3-2-6(11)4-8(7)15-9/h2-4H,5H2,1H3. The van der Waals surface area contributed by atoms with Gasteiger partial charge in [0.05, 0.1) is 23.7 Å². The summed E-state index contributed by atoms with van der Waals surface area (Å²) in [6.07, 6.45) is 0.244. The SMILES string of the molecule is COC(=O)Cc1nc2ccc(Br)cc2s1. The van der Waals surface area contributed by atoms with E-state index in [-0.39, 0.29) is 12.4 Å². The lowest BCUT2D eigenvalue weighted by molar-refractivity contribution is -0.139. The number of aromatic nitrogens is 1. The zero-order valence-corrected chi connectivity index (χ0v) is 10.4. The molecule has 3 nitrogen and oxygen atoms in total. The minimum atomic E-state index is -0.256. The van der Waals surface area contributed by atoms with Crippen molar-refractivity contribution in [1.82, 2.24) is 4.98 Å². The molecule has 5 heteroatoms. The maximum absolute atomic E-state index is 11.1. The zero-order valence-electron chi connectivity index (χ0n) is 7.99. The molecule has 0 aliphatic rings. The zero-order chi connectivity index (χ0) is 10.8. The number of nitrogens with zero attached hydrogens (tertiary/aromatic N) is 1. The second-order valence-corrected chi connectivity index (χ2v) is 5.00. The number of halogens is 1. The minimum Gasteiger partial charge on any atom is -0.469 e. The number of carbonyl (C=O) groups excluding carboxylic acids is 1. The third kappa shape index (κ3) is 2.35. The smallest absolute Gasteiger partial charge is 0.312 e. The van der Waals surface area contributed by atoms with E-state index >= 15 is 0 Å². The van der Waals surface area contributed by atoms with Gasteiger partial charge >= 0.3 is 5.97 Å². The molecule has 78 valence electrons. The molecule has 2 aromatic rings. The summed E-state index contributed by atoms with van der Waals surface area (Å²) < 4.78 is 6.68. The highest BCUT2D eigenvalue weighted by Gasteiger charge is 2.08. The number of rotatable bonds is 2. The maximum atomic E-state index is 11.1. The first-order chi connectivity index (χ1) is 7.19. The molecule has 1 aromatic heterocycles. The summed E-state index contributed by atoms with van der Waals surface area (Å²) in [6, 6.07) is 5.86. The van der Waals surface area contributed by atoms with Crippen molar-refractivity contribution >= 4 is 43.5 Å². The van der Waals surface area contributed by atoms with Gasteiger partial charge < -0.3 is 4.74 Å². The molecule has 0 aliphatic carbocycles. The van der Waals surface area contributed by atoms with Gasteiger partial charge in [0, 0.05) is 4.47 Å². The first-order valence-electron chi connectivity index (χ1n) is 4.31. The Hall–Kier alpha value is -0.940. The molecule has 1 heterocycles. The van der Waals surface area contributed by atoms with Crippen LogP contribution >= 0.6 is 27.3 Å². The number of thiazole rings is 1. The highest BCUT2D eigenvalue weighted by molar-refractivity contribution is 9.10. The Bertz CT molecular complexity index is 509. The topological polar surface area (TPSA) is 39.2 Å². The Morgan fingerprint density at radius 1 is 1.60 bits per heavy atom. The number of methoxy groups -OCH3 is 1. The lowest BCUT2D eigenvalue weighted by Gasteiger charge is -1.92. The molecule has 0 N–H and O–H groups in total. The minimum absolute atomic E-state index is 0.244.